The molecule has 2 heterocycles. The molecule has 1 saturated heterocycles. The number of aromatic nitrogens is 1. The number of primary sulfonamides is 1. The Bertz CT molecular complexity index is 876. The largest absolute Gasteiger partial charge is 0.385 e. The molecule has 1 amide bonds. The van der Waals surface area contributed by atoms with E-state index in [4.69, 9.17) is 5.14 Å². The number of nitrogens with zero attached hydrogens (tertiary/aromatic N) is 2. The lowest BCUT2D eigenvalue weighted by atomic mass is 10.1. The molecule has 138 valence electrons. The highest BCUT2D eigenvalue weighted by molar-refractivity contribution is 7.89. The van der Waals surface area contributed by atoms with E-state index in [1.54, 1.807) is 24.4 Å². The van der Waals surface area contributed by atoms with E-state index >= 15 is 0 Å². The number of nitrogens with two attached hydrogens (primary N) is 1. The number of benzene rings is 1. The molecule has 3 rings (SSSR count). The normalized spacial score (nSPS) is 14.4. The predicted octanol–water partition coefficient (Wildman–Crippen LogP) is 1.62. The van der Waals surface area contributed by atoms with Crippen LogP contribution < -0.4 is 10.5 Å². The maximum Gasteiger partial charge on any atom is 0.272 e. The van der Waals surface area contributed by atoms with E-state index in [1.807, 2.05) is 11.0 Å². The number of pyridine rings is 1. The van der Waals surface area contributed by atoms with Crippen molar-refractivity contribution < 1.29 is 13.2 Å². The summed E-state index contributed by atoms with van der Waals surface area (Å²) in [5.41, 5.74) is 2.28. The zero-order valence-corrected chi connectivity index (χ0v) is 15.2. The van der Waals surface area contributed by atoms with Crippen molar-refractivity contribution in [2.24, 2.45) is 5.14 Å². The number of hydrogen-bond acceptors (Lipinski definition) is 5. The van der Waals surface area contributed by atoms with Crippen LogP contribution >= 0.6 is 0 Å². The fraction of sp³-hybridized carbons (Fsp3) is 0.333. The molecule has 0 radical (unpaired) electrons. The molecular weight excluding hydrogens is 352 g/mol. The molecule has 0 saturated carbocycles. The van der Waals surface area contributed by atoms with Gasteiger partial charge in [-0.15, -0.1) is 0 Å². The van der Waals surface area contributed by atoms with Crippen LogP contribution in [-0.4, -0.2) is 43.8 Å². The zero-order chi connectivity index (χ0) is 18.6. The maximum atomic E-state index is 12.4. The van der Waals surface area contributed by atoms with Crippen molar-refractivity contribution in [3.05, 3.63) is 53.9 Å². The number of sulfonamides is 1. The molecule has 1 aromatic carbocycles. The molecule has 0 unspecified atom stereocenters. The highest BCUT2D eigenvalue weighted by Crippen LogP contribution is 2.15. The number of rotatable bonds is 6. The van der Waals surface area contributed by atoms with Gasteiger partial charge in [-0.2, -0.15) is 0 Å². The van der Waals surface area contributed by atoms with Crippen molar-refractivity contribution in [2.75, 3.05) is 25.0 Å². The molecule has 1 aromatic heterocycles. The number of carbonyl (C=O) groups is 1. The number of anilines is 1. The summed E-state index contributed by atoms with van der Waals surface area (Å²) in [7, 11) is -3.66. The van der Waals surface area contributed by atoms with Gasteiger partial charge in [-0.25, -0.2) is 13.6 Å². The van der Waals surface area contributed by atoms with Crippen LogP contribution in [0.5, 0.6) is 0 Å². The molecule has 26 heavy (non-hydrogen) atoms. The summed E-state index contributed by atoms with van der Waals surface area (Å²) < 4.78 is 22.5. The van der Waals surface area contributed by atoms with Crippen molar-refractivity contribution in [1.82, 2.24) is 9.88 Å². The number of hydrogen-bond donors (Lipinski definition) is 2. The fourth-order valence-corrected chi connectivity index (χ4v) is 3.45. The van der Waals surface area contributed by atoms with Gasteiger partial charge in [-0.1, -0.05) is 12.1 Å². The topological polar surface area (TPSA) is 105 Å². The van der Waals surface area contributed by atoms with Crippen molar-refractivity contribution in [1.29, 1.82) is 0 Å². The number of nitrogens with one attached hydrogen (secondary N) is 1. The molecule has 1 aliphatic heterocycles. The van der Waals surface area contributed by atoms with E-state index in [9.17, 15) is 13.2 Å². The summed E-state index contributed by atoms with van der Waals surface area (Å²) in [5.74, 6) is -0.0234. The average Bonchev–Trinajstić information content (AvgIpc) is 3.16. The Morgan fingerprint density at radius 2 is 1.85 bits per heavy atom. The minimum absolute atomic E-state index is 0.0234. The Morgan fingerprint density at radius 3 is 2.50 bits per heavy atom. The summed E-state index contributed by atoms with van der Waals surface area (Å²) in [6.45, 7) is 2.25. The molecule has 8 heteroatoms. The van der Waals surface area contributed by atoms with E-state index in [1.165, 1.54) is 12.1 Å². The van der Waals surface area contributed by atoms with Crippen LogP contribution in [0.2, 0.25) is 0 Å². The highest BCUT2D eigenvalue weighted by atomic mass is 32.2. The minimum Gasteiger partial charge on any atom is -0.385 e. The monoisotopic (exact) mass is 374 g/mol. The SMILES string of the molecule is NS(=O)(=O)c1ccc(CCNc2ccnc(C(=O)N3CCCC3)c2)cc1. The van der Waals surface area contributed by atoms with Crippen molar-refractivity contribution in [3.8, 4) is 0 Å². The van der Waals surface area contributed by atoms with Crippen LogP contribution in [0.3, 0.4) is 0 Å². The third-order valence-electron chi connectivity index (χ3n) is 4.37. The van der Waals surface area contributed by atoms with Crippen molar-refractivity contribution in [2.45, 2.75) is 24.2 Å². The summed E-state index contributed by atoms with van der Waals surface area (Å²) in [6.07, 6.45) is 4.44. The van der Waals surface area contributed by atoms with Crippen molar-refractivity contribution in [3.63, 3.8) is 0 Å². The maximum absolute atomic E-state index is 12.4. The quantitative estimate of drug-likeness (QED) is 0.799. The van der Waals surface area contributed by atoms with Gasteiger partial charge in [0.15, 0.2) is 0 Å². The van der Waals surface area contributed by atoms with Gasteiger partial charge in [0, 0.05) is 31.5 Å². The molecule has 0 bridgehead atoms. The summed E-state index contributed by atoms with van der Waals surface area (Å²) in [4.78, 5) is 18.5. The second kappa shape index (κ2) is 7.84. The lowest BCUT2D eigenvalue weighted by Crippen LogP contribution is -2.28. The van der Waals surface area contributed by atoms with Gasteiger partial charge in [0.05, 0.1) is 4.90 Å². The van der Waals surface area contributed by atoms with Crippen LogP contribution in [0.1, 0.15) is 28.9 Å². The van der Waals surface area contributed by atoms with Gasteiger partial charge in [0.25, 0.3) is 5.91 Å². The first-order valence-electron chi connectivity index (χ1n) is 8.54. The second-order valence-corrected chi connectivity index (χ2v) is 7.86. The third kappa shape index (κ3) is 4.59. The highest BCUT2D eigenvalue weighted by Gasteiger charge is 2.20. The molecule has 0 atom stereocenters. The van der Waals surface area contributed by atoms with E-state index in [0.717, 1.165) is 37.2 Å². The number of likely N-dealkylation sites (tertiary alicyclic amines) is 1. The van der Waals surface area contributed by atoms with E-state index in [0.29, 0.717) is 18.7 Å². The van der Waals surface area contributed by atoms with Crippen LogP contribution in [-0.2, 0) is 16.4 Å². The smallest absolute Gasteiger partial charge is 0.272 e. The van der Waals surface area contributed by atoms with Crippen LogP contribution in [0.25, 0.3) is 0 Å². The van der Waals surface area contributed by atoms with Gasteiger partial charge in [-0.3, -0.25) is 9.78 Å². The van der Waals surface area contributed by atoms with E-state index in [2.05, 4.69) is 10.3 Å². The Labute approximate surface area is 153 Å². The summed E-state index contributed by atoms with van der Waals surface area (Å²) in [6, 6.07) is 10.1. The van der Waals surface area contributed by atoms with Gasteiger partial charge in [0.1, 0.15) is 5.69 Å². The molecule has 0 spiro atoms. The molecule has 7 nitrogen and oxygen atoms in total. The molecule has 2 aromatic rings. The van der Waals surface area contributed by atoms with Gasteiger partial charge in [0.2, 0.25) is 10.0 Å². The predicted molar refractivity (Wildman–Crippen MR) is 99.4 cm³/mol. The Morgan fingerprint density at radius 1 is 1.15 bits per heavy atom. The van der Waals surface area contributed by atoms with Gasteiger partial charge in [-0.05, 0) is 49.1 Å². The number of carbonyl (C=O) groups excluding carboxylic acids is 1. The summed E-state index contributed by atoms with van der Waals surface area (Å²) >= 11 is 0. The first kappa shape index (κ1) is 18.3. The van der Waals surface area contributed by atoms with Crippen LogP contribution in [0, 0.1) is 0 Å². The number of amides is 1. The Hall–Kier alpha value is -2.45. The van der Waals surface area contributed by atoms with Crippen molar-refractivity contribution >= 4 is 21.6 Å². The van der Waals surface area contributed by atoms with E-state index < -0.39 is 10.0 Å². The van der Waals surface area contributed by atoms with Crippen LogP contribution in [0.15, 0.2) is 47.5 Å². The first-order chi connectivity index (χ1) is 12.4. The zero-order valence-electron chi connectivity index (χ0n) is 14.4. The average molecular weight is 374 g/mol. The Kier molecular flexibility index (Phi) is 5.53. The van der Waals surface area contributed by atoms with Gasteiger partial charge < -0.3 is 10.2 Å². The summed E-state index contributed by atoms with van der Waals surface area (Å²) in [5, 5.41) is 8.36. The minimum atomic E-state index is -3.66. The standard InChI is InChI=1S/C18H22N4O3S/c19-26(24,25)16-5-3-14(4-6-16)7-9-20-15-8-10-21-17(13-15)18(23)22-11-1-2-12-22/h3-6,8,10,13H,1-2,7,9,11-12H2,(H,20,21)(H2,19,24,25). The molecular formula is C18H22N4O3S. The molecule has 0 aliphatic carbocycles. The van der Waals surface area contributed by atoms with Crippen LogP contribution in [0.4, 0.5) is 5.69 Å². The second-order valence-electron chi connectivity index (χ2n) is 6.29. The molecule has 1 aliphatic rings. The lowest BCUT2D eigenvalue weighted by molar-refractivity contribution is 0.0787. The first-order valence-corrected chi connectivity index (χ1v) is 10.1. The Balaban J connectivity index is 1.56. The van der Waals surface area contributed by atoms with Gasteiger partial charge >= 0.3 is 0 Å². The van der Waals surface area contributed by atoms with E-state index in [-0.39, 0.29) is 10.8 Å². The molecule has 1 fully saturated rings. The lowest BCUT2D eigenvalue weighted by Gasteiger charge is -2.15. The third-order valence-corrected chi connectivity index (χ3v) is 5.30. The fourth-order valence-electron chi connectivity index (χ4n) is 2.94. The molecule has 3 N–H and O–H groups in total.